The first-order valence-electron chi connectivity index (χ1n) is 8.43. The third-order valence-corrected chi connectivity index (χ3v) is 9.92. The monoisotopic (exact) mass is 584 g/mol. The van der Waals surface area contributed by atoms with Gasteiger partial charge in [0.15, 0.2) is 7.14 Å². The molecule has 0 aliphatic rings. The van der Waals surface area contributed by atoms with Crippen molar-refractivity contribution in [2.75, 3.05) is 0 Å². The Kier molecular flexibility index (Phi) is 13.3. The minimum Gasteiger partial charge on any atom is -0.744 e. The first kappa shape index (κ1) is 35.6. The van der Waals surface area contributed by atoms with E-state index in [9.17, 15) is 43.5 Å². The quantitative estimate of drug-likeness (QED) is 0.153. The van der Waals surface area contributed by atoms with Crippen molar-refractivity contribution >= 4 is 53.4 Å². The molecule has 10 nitrogen and oxygen atoms in total. The van der Waals surface area contributed by atoms with Crippen LogP contribution < -0.4 is 105 Å². The summed E-state index contributed by atoms with van der Waals surface area (Å²) in [5.41, 5.74) is 0. The van der Waals surface area contributed by atoms with Crippen LogP contribution >= 0.6 is 7.14 Å². The average Bonchev–Trinajstić information content (AvgIpc) is 2.71. The second-order valence-electron chi connectivity index (χ2n) is 6.46. The molecule has 35 heavy (non-hydrogen) atoms. The molecule has 0 bridgehead atoms. The van der Waals surface area contributed by atoms with E-state index in [1.165, 1.54) is 18.2 Å². The molecule has 3 aromatic rings. The van der Waals surface area contributed by atoms with E-state index in [1.54, 1.807) is 0 Å². The molecule has 0 aliphatic heterocycles. The summed E-state index contributed by atoms with van der Waals surface area (Å²) in [6.45, 7) is 0. The van der Waals surface area contributed by atoms with Gasteiger partial charge in [-0.25, -0.2) is 25.3 Å². The summed E-state index contributed by atoms with van der Waals surface area (Å²) in [4.78, 5) is -2.22. The summed E-state index contributed by atoms with van der Waals surface area (Å²) >= 11 is 0. The van der Waals surface area contributed by atoms with Gasteiger partial charge in [-0.15, -0.1) is 0 Å². The Bertz CT molecular complexity index is 1400. The van der Waals surface area contributed by atoms with Crippen molar-refractivity contribution in [3.05, 3.63) is 72.8 Å². The number of rotatable bonds is 6. The summed E-state index contributed by atoms with van der Waals surface area (Å²) in [7, 11) is -19.2. The maximum Gasteiger partial charge on any atom is 1.00 e. The number of hydrogen-bond donors (Lipinski definition) is 0. The molecule has 0 fully saturated rings. The third-order valence-electron chi connectivity index (χ3n) is 4.41. The first-order valence-corrected chi connectivity index (χ1v) is 14.4. The largest absolute Gasteiger partial charge is 1.00 e. The van der Waals surface area contributed by atoms with Crippen LogP contribution in [0.1, 0.15) is 0 Å². The van der Waals surface area contributed by atoms with Crippen LogP contribution in [-0.2, 0) is 34.9 Å². The van der Waals surface area contributed by atoms with E-state index < -0.39 is 52.2 Å². The molecule has 3 aromatic carbocycles. The molecule has 0 N–H and O–H groups in total. The molecule has 0 spiro atoms. The molecule has 0 amide bonds. The van der Waals surface area contributed by atoms with E-state index in [2.05, 4.69) is 0 Å². The molecule has 0 aromatic heterocycles. The molecule has 0 atom stereocenters. The van der Waals surface area contributed by atoms with Crippen molar-refractivity contribution in [2.45, 2.75) is 14.7 Å². The Morgan fingerprint density at radius 3 is 0.914 bits per heavy atom. The maximum atomic E-state index is 14.4. The van der Waals surface area contributed by atoms with Crippen LogP contribution in [0.4, 0.5) is 0 Å². The van der Waals surface area contributed by atoms with Gasteiger partial charge in [-0.1, -0.05) is 36.4 Å². The Morgan fingerprint density at radius 2 is 0.714 bits per heavy atom. The number of hydrogen-bond acceptors (Lipinski definition) is 10. The van der Waals surface area contributed by atoms with Crippen LogP contribution in [0.5, 0.6) is 0 Å². The molecule has 17 heteroatoms. The molecular formula is C18H12Na3O10PS3. The summed E-state index contributed by atoms with van der Waals surface area (Å²) in [5.74, 6) is 0. The van der Waals surface area contributed by atoms with Gasteiger partial charge in [0.2, 0.25) is 0 Å². The molecule has 170 valence electrons. The van der Waals surface area contributed by atoms with Crippen molar-refractivity contribution < 1.29 is 132 Å². The SMILES string of the molecule is O=P(c1cccc(S(=O)(=O)[O-])c1)(c1cccc(S(=O)(=O)[O-])c1)c1cccc(S(=O)(=O)[O-])c1.[Na+].[Na+].[Na+]. The van der Waals surface area contributed by atoms with Crippen LogP contribution in [0, 0.1) is 0 Å². The minimum absolute atomic E-state index is 0. The fourth-order valence-corrected chi connectivity index (χ4v) is 7.51. The van der Waals surface area contributed by atoms with Gasteiger partial charge in [-0.3, -0.25) is 0 Å². The smallest absolute Gasteiger partial charge is 0.744 e. The molecule has 0 unspecified atom stereocenters. The zero-order valence-corrected chi connectivity index (χ0v) is 28.0. The van der Waals surface area contributed by atoms with Crippen LogP contribution in [0.3, 0.4) is 0 Å². The van der Waals surface area contributed by atoms with E-state index in [1.807, 2.05) is 0 Å². The van der Waals surface area contributed by atoms with Crippen molar-refractivity contribution in [3.8, 4) is 0 Å². The van der Waals surface area contributed by atoms with Gasteiger partial charge in [0.05, 0.1) is 14.7 Å². The van der Waals surface area contributed by atoms with Gasteiger partial charge in [0, 0.05) is 15.9 Å². The van der Waals surface area contributed by atoms with Crippen molar-refractivity contribution in [1.29, 1.82) is 0 Å². The van der Waals surface area contributed by atoms with Crippen LogP contribution in [0.2, 0.25) is 0 Å². The van der Waals surface area contributed by atoms with Gasteiger partial charge in [-0.2, -0.15) is 0 Å². The molecule has 3 rings (SSSR count). The molecule has 0 aliphatic carbocycles. The molecule has 0 heterocycles. The van der Waals surface area contributed by atoms with Crippen molar-refractivity contribution in [1.82, 2.24) is 0 Å². The summed E-state index contributed by atoms with van der Waals surface area (Å²) in [6, 6.07) is 12.2. The molecule has 0 radical (unpaired) electrons. The van der Waals surface area contributed by atoms with Crippen LogP contribution in [0.15, 0.2) is 87.5 Å². The number of benzene rings is 3. The van der Waals surface area contributed by atoms with Gasteiger partial charge in [0.25, 0.3) is 0 Å². The topological polar surface area (TPSA) is 189 Å². The fourth-order valence-electron chi connectivity index (χ4n) is 2.95. The zero-order chi connectivity index (χ0) is 23.9. The van der Waals surface area contributed by atoms with E-state index in [0.717, 1.165) is 54.6 Å². The van der Waals surface area contributed by atoms with E-state index >= 15 is 0 Å². The van der Waals surface area contributed by atoms with Gasteiger partial charge >= 0.3 is 88.7 Å². The Balaban J connectivity index is 0.00000385. The average molecular weight is 584 g/mol. The predicted octanol–water partition coefficient (Wildman–Crippen LogP) is -8.95. The van der Waals surface area contributed by atoms with E-state index in [4.69, 9.17) is 0 Å². The summed E-state index contributed by atoms with van der Waals surface area (Å²) in [6.07, 6.45) is 0. The van der Waals surface area contributed by atoms with Gasteiger partial charge in [0.1, 0.15) is 30.4 Å². The molecular weight excluding hydrogens is 572 g/mol. The first-order chi connectivity index (χ1) is 14.6. The van der Waals surface area contributed by atoms with Crippen molar-refractivity contribution in [3.63, 3.8) is 0 Å². The minimum atomic E-state index is -4.98. The Morgan fingerprint density at radius 1 is 0.486 bits per heavy atom. The molecule has 0 saturated heterocycles. The third kappa shape index (κ3) is 8.30. The maximum absolute atomic E-state index is 14.4. The standard InChI is InChI=1S/C18H15O10PS3.3Na/c19-29(13-4-1-7-16(10-13)30(20,21)22,14-5-2-8-17(11-14)31(23,24)25)15-6-3-9-18(12-15)32(26,27)28;;;/h1-12H,(H,20,21,22)(H,23,24,25)(H,26,27,28);;;/q;3*+1/p-3. The van der Waals surface area contributed by atoms with E-state index in [0.29, 0.717) is 0 Å². The molecule has 0 saturated carbocycles. The fraction of sp³-hybridized carbons (Fsp3) is 0. The van der Waals surface area contributed by atoms with Gasteiger partial charge < -0.3 is 18.2 Å². The second kappa shape index (κ2) is 13.1. The Hall–Kier alpha value is 0.620. The van der Waals surface area contributed by atoms with Crippen molar-refractivity contribution in [2.24, 2.45) is 0 Å². The second-order valence-corrected chi connectivity index (χ2v) is 13.4. The van der Waals surface area contributed by atoms with Crippen LogP contribution in [-0.4, -0.2) is 38.9 Å². The summed E-state index contributed by atoms with van der Waals surface area (Å²) < 4.78 is 118. The normalized spacial score (nSPS) is 12.0. The van der Waals surface area contributed by atoms with Gasteiger partial charge in [-0.05, 0) is 36.4 Å². The van der Waals surface area contributed by atoms with Crippen LogP contribution in [0.25, 0.3) is 0 Å². The predicted molar refractivity (Wildman–Crippen MR) is 110 cm³/mol. The summed E-state index contributed by atoms with van der Waals surface area (Å²) in [5, 5.41) is -0.805. The Labute approximate surface area is 269 Å². The zero-order valence-electron chi connectivity index (χ0n) is 18.7. The van der Waals surface area contributed by atoms with E-state index in [-0.39, 0.29) is 105 Å².